The predicted molar refractivity (Wildman–Crippen MR) is 92.2 cm³/mol. The molecule has 1 atom stereocenters. The van der Waals surface area contributed by atoms with Gasteiger partial charge in [0, 0.05) is 12.2 Å². The van der Waals surface area contributed by atoms with Gasteiger partial charge in [0.15, 0.2) is 0 Å². The minimum atomic E-state index is -0.0238. The Labute approximate surface area is 144 Å². The van der Waals surface area contributed by atoms with E-state index in [0.717, 1.165) is 53.4 Å². The number of carbonyl (C=O) groups is 1. The fourth-order valence-corrected chi connectivity index (χ4v) is 4.16. The monoisotopic (exact) mass is 341 g/mol. The van der Waals surface area contributed by atoms with E-state index < -0.39 is 0 Å². The lowest BCUT2D eigenvalue weighted by Crippen LogP contribution is -2.39. The minimum absolute atomic E-state index is 0.0238. The SMILES string of the molecule is Cc1cc2cncn2c([C@@H]2CCCCN2C(=O)c2scnc2C)n1. The van der Waals surface area contributed by atoms with Gasteiger partial charge in [0.2, 0.25) is 0 Å². The van der Waals surface area contributed by atoms with Crippen LogP contribution in [0, 0.1) is 13.8 Å². The van der Waals surface area contributed by atoms with Gasteiger partial charge in [-0.05, 0) is 39.2 Å². The Kier molecular flexibility index (Phi) is 3.80. The number of likely N-dealkylation sites (tertiary alicyclic amines) is 1. The van der Waals surface area contributed by atoms with Gasteiger partial charge in [0.25, 0.3) is 5.91 Å². The van der Waals surface area contributed by atoms with Gasteiger partial charge in [0.1, 0.15) is 17.0 Å². The van der Waals surface area contributed by atoms with Crippen molar-refractivity contribution in [3.8, 4) is 0 Å². The summed E-state index contributed by atoms with van der Waals surface area (Å²) in [4.78, 5) is 29.0. The molecule has 3 aromatic heterocycles. The lowest BCUT2D eigenvalue weighted by Gasteiger charge is -2.35. The predicted octanol–water partition coefficient (Wildman–Crippen LogP) is 3.17. The average Bonchev–Trinajstić information content (AvgIpc) is 3.22. The van der Waals surface area contributed by atoms with Gasteiger partial charge in [-0.15, -0.1) is 11.3 Å². The highest BCUT2D eigenvalue weighted by atomic mass is 32.1. The van der Waals surface area contributed by atoms with Crippen LogP contribution in [-0.2, 0) is 0 Å². The first kappa shape index (κ1) is 15.3. The van der Waals surface area contributed by atoms with Gasteiger partial charge >= 0.3 is 0 Å². The number of rotatable bonds is 2. The molecule has 1 aliphatic rings. The number of hydrogen-bond donors (Lipinski definition) is 0. The molecular formula is C17H19N5OS. The van der Waals surface area contributed by atoms with Crippen molar-refractivity contribution >= 4 is 22.8 Å². The van der Waals surface area contributed by atoms with Gasteiger partial charge < -0.3 is 4.90 Å². The van der Waals surface area contributed by atoms with E-state index >= 15 is 0 Å². The number of aromatic nitrogens is 4. The average molecular weight is 341 g/mol. The van der Waals surface area contributed by atoms with Crippen molar-refractivity contribution in [2.24, 2.45) is 0 Å². The highest BCUT2D eigenvalue weighted by Gasteiger charge is 2.32. The molecule has 124 valence electrons. The molecule has 0 saturated carbocycles. The summed E-state index contributed by atoms with van der Waals surface area (Å²) in [5, 5.41) is 0. The summed E-state index contributed by atoms with van der Waals surface area (Å²) in [6.45, 7) is 4.63. The topological polar surface area (TPSA) is 63.4 Å². The summed E-state index contributed by atoms with van der Waals surface area (Å²) in [5.74, 6) is 0.967. The third-order valence-electron chi connectivity index (χ3n) is 4.56. The molecule has 1 fully saturated rings. The number of carbonyl (C=O) groups excluding carboxylic acids is 1. The van der Waals surface area contributed by atoms with Crippen molar-refractivity contribution in [1.82, 2.24) is 24.3 Å². The molecule has 3 aromatic rings. The minimum Gasteiger partial charge on any atom is -0.328 e. The summed E-state index contributed by atoms with van der Waals surface area (Å²) in [6.07, 6.45) is 6.67. The molecule has 0 aromatic carbocycles. The summed E-state index contributed by atoms with van der Waals surface area (Å²) in [7, 11) is 0. The second kappa shape index (κ2) is 5.98. The molecule has 24 heavy (non-hydrogen) atoms. The standard InChI is InChI=1S/C17H19N5OS/c1-11-7-13-8-18-9-22(13)16(20-11)14-5-3-4-6-21(14)17(23)15-12(2)19-10-24-15/h7-10,14H,3-6H2,1-2H3/t14-/m0/s1. The Hall–Kier alpha value is -2.28. The van der Waals surface area contributed by atoms with Crippen LogP contribution in [-0.4, -0.2) is 36.7 Å². The van der Waals surface area contributed by atoms with Crippen LogP contribution in [0.2, 0.25) is 0 Å². The van der Waals surface area contributed by atoms with Gasteiger partial charge in [-0.25, -0.2) is 15.0 Å². The Morgan fingerprint density at radius 1 is 1.33 bits per heavy atom. The maximum absolute atomic E-state index is 13.1. The van der Waals surface area contributed by atoms with E-state index in [4.69, 9.17) is 4.98 Å². The zero-order valence-corrected chi connectivity index (χ0v) is 14.6. The summed E-state index contributed by atoms with van der Waals surface area (Å²) < 4.78 is 2.00. The van der Waals surface area contributed by atoms with Crippen molar-refractivity contribution in [3.05, 3.63) is 46.2 Å². The van der Waals surface area contributed by atoms with Gasteiger partial charge in [-0.2, -0.15) is 0 Å². The third-order valence-corrected chi connectivity index (χ3v) is 5.48. The largest absolute Gasteiger partial charge is 0.328 e. The lowest BCUT2D eigenvalue weighted by molar-refractivity contribution is 0.0602. The van der Waals surface area contributed by atoms with Gasteiger partial charge in [0.05, 0.1) is 29.0 Å². The van der Waals surface area contributed by atoms with E-state index in [2.05, 4.69) is 9.97 Å². The third kappa shape index (κ3) is 2.49. The van der Waals surface area contributed by atoms with Crippen molar-refractivity contribution in [1.29, 1.82) is 0 Å². The first-order valence-electron chi connectivity index (χ1n) is 8.16. The molecular weight excluding hydrogens is 322 g/mol. The molecule has 0 aliphatic carbocycles. The van der Waals surface area contributed by atoms with E-state index in [-0.39, 0.29) is 11.9 Å². The second-order valence-electron chi connectivity index (χ2n) is 6.22. The van der Waals surface area contributed by atoms with Crippen molar-refractivity contribution in [3.63, 3.8) is 0 Å². The zero-order chi connectivity index (χ0) is 16.7. The fourth-order valence-electron chi connectivity index (χ4n) is 3.40. The number of thiazole rings is 1. The van der Waals surface area contributed by atoms with Crippen LogP contribution in [0.25, 0.3) is 5.52 Å². The van der Waals surface area contributed by atoms with E-state index in [9.17, 15) is 4.79 Å². The van der Waals surface area contributed by atoms with Crippen LogP contribution < -0.4 is 0 Å². The zero-order valence-electron chi connectivity index (χ0n) is 13.8. The van der Waals surface area contributed by atoms with Crippen LogP contribution in [0.4, 0.5) is 0 Å². The van der Waals surface area contributed by atoms with Crippen LogP contribution in [0.1, 0.15) is 52.2 Å². The van der Waals surface area contributed by atoms with E-state index in [1.807, 2.05) is 35.4 Å². The Morgan fingerprint density at radius 2 is 2.21 bits per heavy atom. The molecule has 6 nitrogen and oxygen atoms in total. The summed E-state index contributed by atoms with van der Waals surface area (Å²) in [5.41, 5.74) is 4.51. The molecule has 4 heterocycles. The molecule has 0 radical (unpaired) electrons. The number of amides is 1. The number of hydrogen-bond acceptors (Lipinski definition) is 5. The number of imidazole rings is 1. The first-order chi connectivity index (χ1) is 11.6. The molecule has 7 heteroatoms. The van der Waals surface area contributed by atoms with Crippen molar-refractivity contribution < 1.29 is 4.79 Å². The van der Waals surface area contributed by atoms with Crippen LogP contribution in [0.3, 0.4) is 0 Å². The van der Waals surface area contributed by atoms with E-state index in [0.29, 0.717) is 0 Å². The Bertz CT molecular complexity index is 899. The molecule has 4 rings (SSSR count). The van der Waals surface area contributed by atoms with Crippen LogP contribution in [0.5, 0.6) is 0 Å². The smallest absolute Gasteiger partial charge is 0.266 e. The molecule has 0 unspecified atom stereocenters. The normalized spacial score (nSPS) is 18.2. The number of piperidine rings is 1. The van der Waals surface area contributed by atoms with Gasteiger partial charge in [-0.1, -0.05) is 0 Å². The summed E-state index contributed by atoms with van der Waals surface area (Å²) >= 11 is 1.42. The highest BCUT2D eigenvalue weighted by Crippen LogP contribution is 2.32. The van der Waals surface area contributed by atoms with E-state index in [1.54, 1.807) is 11.8 Å². The first-order valence-corrected chi connectivity index (χ1v) is 9.04. The quantitative estimate of drug-likeness (QED) is 0.718. The van der Waals surface area contributed by atoms with Gasteiger partial charge in [-0.3, -0.25) is 9.20 Å². The number of aryl methyl sites for hydroxylation is 2. The second-order valence-corrected chi connectivity index (χ2v) is 7.08. The van der Waals surface area contributed by atoms with Crippen LogP contribution in [0.15, 0.2) is 24.1 Å². The van der Waals surface area contributed by atoms with Crippen molar-refractivity contribution in [2.45, 2.75) is 39.2 Å². The number of nitrogens with zero attached hydrogens (tertiary/aromatic N) is 5. The lowest BCUT2D eigenvalue weighted by atomic mass is 10.0. The molecule has 1 saturated heterocycles. The highest BCUT2D eigenvalue weighted by molar-refractivity contribution is 7.11. The molecule has 1 aliphatic heterocycles. The van der Waals surface area contributed by atoms with E-state index in [1.165, 1.54) is 11.3 Å². The molecule has 0 N–H and O–H groups in total. The number of fused-ring (bicyclic) bond motifs is 1. The maximum Gasteiger partial charge on any atom is 0.266 e. The fraction of sp³-hybridized carbons (Fsp3) is 0.412. The Balaban J connectivity index is 1.78. The molecule has 1 amide bonds. The molecule has 0 spiro atoms. The van der Waals surface area contributed by atoms with Crippen molar-refractivity contribution in [2.75, 3.05) is 6.54 Å². The maximum atomic E-state index is 13.1. The van der Waals surface area contributed by atoms with Crippen LogP contribution >= 0.6 is 11.3 Å². The molecule has 0 bridgehead atoms. The summed E-state index contributed by atoms with van der Waals surface area (Å²) in [6, 6.07) is 1.99. The Morgan fingerprint density at radius 3 is 3.00 bits per heavy atom.